The van der Waals surface area contributed by atoms with E-state index >= 15 is 0 Å². The van der Waals surface area contributed by atoms with E-state index in [1.165, 1.54) is 19.3 Å². The zero-order valence-electron chi connectivity index (χ0n) is 13.9. The van der Waals surface area contributed by atoms with Crippen LogP contribution in [0.5, 0.6) is 0 Å². The smallest absolute Gasteiger partial charge is 0.246 e. The van der Waals surface area contributed by atoms with Crippen molar-refractivity contribution in [2.24, 2.45) is 0 Å². The third-order valence-corrected chi connectivity index (χ3v) is 4.65. The fourth-order valence-electron chi connectivity index (χ4n) is 3.22. The van der Waals surface area contributed by atoms with Gasteiger partial charge in [0.15, 0.2) is 0 Å². The molecule has 0 saturated heterocycles. The van der Waals surface area contributed by atoms with E-state index in [1.54, 1.807) is 0 Å². The summed E-state index contributed by atoms with van der Waals surface area (Å²) >= 11 is 0. The molecule has 1 unspecified atom stereocenters. The molecule has 2 aromatic rings. The van der Waals surface area contributed by atoms with Gasteiger partial charge in [-0.15, -0.1) is 0 Å². The summed E-state index contributed by atoms with van der Waals surface area (Å²) in [5.41, 5.74) is 0.808. The Bertz CT molecular complexity index is 679. The summed E-state index contributed by atoms with van der Waals surface area (Å²) in [6.07, 6.45) is 5.24. The number of aliphatic hydroxyl groups is 1. The third-order valence-electron chi connectivity index (χ3n) is 4.65. The molecule has 0 radical (unpaired) electrons. The molecule has 24 heavy (non-hydrogen) atoms. The number of amides is 1. The number of rotatable bonds is 6. The van der Waals surface area contributed by atoms with Crippen LogP contribution >= 0.6 is 0 Å². The normalized spacial score (nSPS) is 16.9. The first-order valence-corrected chi connectivity index (χ1v) is 8.77. The van der Waals surface area contributed by atoms with Crippen LogP contribution in [0.2, 0.25) is 0 Å². The molecule has 1 aliphatic carbocycles. The van der Waals surface area contributed by atoms with E-state index in [0.29, 0.717) is 0 Å². The number of carbonyl (C=O) groups excluding carboxylic acids is 1. The van der Waals surface area contributed by atoms with Crippen LogP contribution in [-0.2, 0) is 9.53 Å². The highest BCUT2D eigenvalue weighted by Crippen LogP contribution is 2.21. The Morgan fingerprint density at radius 1 is 1.12 bits per heavy atom. The van der Waals surface area contributed by atoms with Crippen LogP contribution in [0.3, 0.4) is 0 Å². The number of benzene rings is 2. The van der Waals surface area contributed by atoms with Crippen LogP contribution in [0.1, 0.15) is 43.8 Å². The molecule has 3 rings (SSSR count). The van der Waals surface area contributed by atoms with E-state index in [0.717, 1.165) is 29.2 Å². The standard InChI is InChI=1S/C20H25NO3/c22-19(17-11-10-15-6-4-5-7-16(15)12-17)13-21-20(23)14-24-18-8-2-1-3-9-18/h4-7,10-12,18-19,22H,1-3,8-9,13-14H2,(H,21,23). The summed E-state index contributed by atoms with van der Waals surface area (Å²) in [7, 11) is 0. The van der Waals surface area contributed by atoms with E-state index in [9.17, 15) is 9.90 Å². The molecular weight excluding hydrogens is 302 g/mol. The Morgan fingerprint density at radius 3 is 2.67 bits per heavy atom. The lowest BCUT2D eigenvalue weighted by atomic mass is 9.98. The predicted octanol–water partition coefficient (Wildman–Crippen LogP) is 3.34. The van der Waals surface area contributed by atoms with Crippen molar-refractivity contribution in [2.75, 3.05) is 13.2 Å². The van der Waals surface area contributed by atoms with E-state index in [4.69, 9.17) is 4.74 Å². The maximum Gasteiger partial charge on any atom is 0.246 e. The van der Waals surface area contributed by atoms with Crippen molar-refractivity contribution < 1.29 is 14.6 Å². The quantitative estimate of drug-likeness (QED) is 0.855. The van der Waals surface area contributed by atoms with Gasteiger partial charge in [-0.1, -0.05) is 55.7 Å². The SMILES string of the molecule is O=C(COC1CCCCC1)NCC(O)c1ccc2ccccc2c1. The minimum absolute atomic E-state index is 0.0785. The Hall–Kier alpha value is -1.91. The highest BCUT2D eigenvalue weighted by molar-refractivity contribution is 5.83. The van der Waals surface area contributed by atoms with Gasteiger partial charge in [0.1, 0.15) is 6.61 Å². The first-order valence-electron chi connectivity index (χ1n) is 8.77. The van der Waals surface area contributed by atoms with Gasteiger partial charge in [0.05, 0.1) is 12.2 Å². The molecule has 4 nitrogen and oxygen atoms in total. The maximum absolute atomic E-state index is 11.9. The van der Waals surface area contributed by atoms with E-state index in [1.807, 2.05) is 42.5 Å². The number of carbonyl (C=O) groups is 1. The van der Waals surface area contributed by atoms with Crippen molar-refractivity contribution in [1.82, 2.24) is 5.32 Å². The van der Waals surface area contributed by atoms with Crippen LogP contribution in [0.15, 0.2) is 42.5 Å². The van der Waals surface area contributed by atoms with Gasteiger partial charge in [-0.3, -0.25) is 4.79 Å². The monoisotopic (exact) mass is 327 g/mol. The maximum atomic E-state index is 11.9. The van der Waals surface area contributed by atoms with E-state index in [-0.39, 0.29) is 25.2 Å². The lowest BCUT2D eigenvalue weighted by molar-refractivity contribution is -0.128. The Kier molecular flexibility index (Phi) is 5.83. The average Bonchev–Trinajstić information content (AvgIpc) is 2.65. The summed E-state index contributed by atoms with van der Waals surface area (Å²) in [6, 6.07) is 13.9. The highest BCUT2D eigenvalue weighted by Gasteiger charge is 2.16. The fourth-order valence-corrected chi connectivity index (χ4v) is 3.22. The number of hydrogen-bond donors (Lipinski definition) is 2. The molecule has 0 spiro atoms. The van der Waals surface area contributed by atoms with Gasteiger partial charge in [-0.25, -0.2) is 0 Å². The first kappa shape index (κ1) is 16.9. The number of nitrogens with one attached hydrogen (secondary N) is 1. The second-order valence-corrected chi connectivity index (χ2v) is 6.50. The second kappa shape index (κ2) is 8.27. The van der Waals surface area contributed by atoms with E-state index < -0.39 is 6.10 Å². The molecule has 0 aromatic heterocycles. The predicted molar refractivity (Wildman–Crippen MR) is 94.7 cm³/mol. The van der Waals surface area contributed by atoms with Crippen LogP contribution in [0, 0.1) is 0 Å². The summed E-state index contributed by atoms with van der Waals surface area (Å²) in [5, 5.41) is 15.3. The molecule has 1 saturated carbocycles. The summed E-state index contributed by atoms with van der Waals surface area (Å²) in [6.45, 7) is 0.278. The minimum Gasteiger partial charge on any atom is -0.387 e. The molecule has 128 valence electrons. The molecule has 0 bridgehead atoms. The fraction of sp³-hybridized carbons (Fsp3) is 0.450. The van der Waals surface area contributed by atoms with Gasteiger partial charge in [0.2, 0.25) is 5.91 Å². The van der Waals surface area contributed by atoms with Crippen molar-refractivity contribution >= 4 is 16.7 Å². The molecule has 4 heteroatoms. The molecule has 1 aliphatic rings. The van der Waals surface area contributed by atoms with E-state index in [2.05, 4.69) is 5.32 Å². The molecule has 2 aromatic carbocycles. The van der Waals surface area contributed by atoms with Gasteiger partial charge in [0.25, 0.3) is 0 Å². The number of aliphatic hydroxyl groups excluding tert-OH is 1. The minimum atomic E-state index is -0.715. The topological polar surface area (TPSA) is 58.6 Å². The Labute approximate surface area is 142 Å². The van der Waals surface area contributed by atoms with Crippen molar-refractivity contribution in [1.29, 1.82) is 0 Å². The number of hydrogen-bond acceptors (Lipinski definition) is 3. The first-order chi connectivity index (χ1) is 11.7. The summed E-state index contributed by atoms with van der Waals surface area (Å²) < 4.78 is 5.65. The van der Waals surface area contributed by atoms with Gasteiger partial charge >= 0.3 is 0 Å². The molecule has 1 fully saturated rings. The number of fused-ring (bicyclic) bond motifs is 1. The Balaban J connectivity index is 1.46. The lowest BCUT2D eigenvalue weighted by Crippen LogP contribution is -2.33. The second-order valence-electron chi connectivity index (χ2n) is 6.50. The molecule has 2 N–H and O–H groups in total. The van der Waals surface area contributed by atoms with Crippen LogP contribution < -0.4 is 5.32 Å². The molecular formula is C20H25NO3. The largest absolute Gasteiger partial charge is 0.387 e. The lowest BCUT2D eigenvalue weighted by Gasteiger charge is -2.21. The average molecular weight is 327 g/mol. The molecule has 0 aliphatic heterocycles. The van der Waals surface area contributed by atoms with Crippen LogP contribution in [0.25, 0.3) is 10.8 Å². The highest BCUT2D eigenvalue weighted by atomic mass is 16.5. The summed E-state index contributed by atoms with van der Waals surface area (Å²) in [4.78, 5) is 11.9. The number of ether oxygens (including phenoxy) is 1. The van der Waals surface area contributed by atoms with Gasteiger partial charge in [0, 0.05) is 6.54 Å². The zero-order valence-corrected chi connectivity index (χ0v) is 13.9. The van der Waals surface area contributed by atoms with Crippen LogP contribution in [0.4, 0.5) is 0 Å². The zero-order chi connectivity index (χ0) is 16.8. The van der Waals surface area contributed by atoms with Gasteiger partial charge in [-0.2, -0.15) is 0 Å². The van der Waals surface area contributed by atoms with Crippen molar-refractivity contribution in [2.45, 2.75) is 44.3 Å². The third kappa shape index (κ3) is 4.56. The molecule has 1 amide bonds. The Morgan fingerprint density at radius 2 is 1.88 bits per heavy atom. The van der Waals surface area contributed by atoms with Gasteiger partial charge < -0.3 is 15.2 Å². The molecule has 0 heterocycles. The van der Waals surface area contributed by atoms with Crippen molar-refractivity contribution in [3.05, 3.63) is 48.0 Å². The molecule has 1 atom stereocenters. The van der Waals surface area contributed by atoms with Gasteiger partial charge in [-0.05, 0) is 35.2 Å². The van der Waals surface area contributed by atoms with Crippen molar-refractivity contribution in [3.63, 3.8) is 0 Å². The summed E-state index contributed by atoms with van der Waals surface area (Å²) in [5.74, 6) is -0.166. The van der Waals surface area contributed by atoms with Crippen LogP contribution in [-0.4, -0.2) is 30.3 Å². The van der Waals surface area contributed by atoms with Crippen molar-refractivity contribution in [3.8, 4) is 0 Å².